The predicted molar refractivity (Wildman–Crippen MR) is 64.7 cm³/mol. The molecule has 1 aliphatic heterocycles. The van der Waals surface area contributed by atoms with Crippen molar-refractivity contribution in [3.8, 4) is 0 Å². The third-order valence-corrected chi connectivity index (χ3v) is 3.12. The summed E-state index contributed by atoms with van der Waals surface area (Å²) in [5.41, 5.74) is 2.14. The Balaban J connectivity index is 2.07. The molecule has 0 N–H and O–H groups in total. The maximum atomic E-state index is 12.3. The molecular formula is C13H13N3O. The Bertz CT molecular complexity index is 556. The standard InChI is InChI=1S/C13H13N3O/c17-13(16-8-1-2-9-16)10-4-3-5-11-12(10)15-7-6-14-11/h3-7H,1-2,8-9H2. The highest BCUT2D eigenvalue weighted by molar-refractivity contribution is 6.04. The molecule has 2 heterocycles. The molecule has 1 aromatic carbocycles. The van der Waals surface area contributed by atoms with Gasteiger partial charge in [-0.25, -0.2) is 0 Å². The van der Waals surface area contributed by atoms with Crippen LogP contribution in [0.4, 0.5) is 0 Å². The highest BCUT2D eigenvalue weighted by Gasteiger charge is 2.21. The number of para-hydroxylation sites is 1. The van der Waals surface area contributed by atoms with Gasteiger partial charge in [-0.05, 0) is 25.0 Å². The summed E-state index contributed by atoms with van der Waals surface area (Å²) in [7, 11) is 0. The molecule has 1 aliphatic rings. The number of benzene rings is 1. The van der Waals surface area contributed by atoms with Gasteiger partial charge in [0.2, 0.25) is 0 Å². The first kappa shape index (κ1) is 10.2. The van der Waals surface area contributed by atoms with E-state index in [1.165, 1.54) is 0 Å². The van der Waals surface area contributed by atoms with Crippen molar-refractivity contribution in [1.82, 2.24) is 14.9 Å². The largest absolute Gasteiger partial charge is 0.339 e. The fourth-order valence-corrected chi connectivity index (χ4v) is 2.26. The van der Waals surface area contributed by atoms with Gasteiger partial charge >= 0.3 is 0 Å². The molecule has 0 bridgehead atoms. The van der Waals surface area contributed by atoms with Gasteiger partial charge in [0.1, 0.15) is 5.52 Å². The van der Waals surface area contributed by atoms with Gasteiger partial charge in [-0.3, -0.25) is 14.8 Å². The van der Waals surface area contributed by atoms with Gasteiger partial charge in [0, 0.05) is 25.5 Å². The Morgan fingerprint density at radius 3 is 2.71 bits per heavy atom. The molecular weight excluding hydrogens is 214 g/mol. The quantitative estimate of drug-likeness (QED) is 0.747. The molecule has 86 valence electrons. The summed E-state index contributed by atoms with van der Waals surface area (Å²) in [6.07, 6.45) is 5.47. The van der Waals surface area contributed by atoms with Crippen molar-refractivity contribution in [2.75, 3.05) is 13.1 Å². The second-order valence-electron chi connectivity index (χ2n) is 4.23. The van der Waals surface area contributed by atoms with E-state index in [1.807, 2.05) is 23.1 Å². The van der Waals surface area contributed by atoms with Crippen LogP contribution in [0.15, 0.2) is 30.6 Å². The first-order valence-corrected chi connectivity index (χ1v) is 5.85. The van der Waals surface area contributed by atoms with Crippen LogP contribution >= 0.6 is 0 Å². The van der Waals surface area contributed by atoms with Crippen LogP contribution in [0, 0.1) is 0 Å². The minimum absolute atomic E-state index is 0.0774. The third kappa shape index (κ3) is 1.75. The van der Waals surface area contributed by atoms with Crippen LogP contribution in [0.25, 0.3) is 11.0 Å². The van der Waals surface area contributed by atoms with E-state index in [2.05, 4.69) is 9.97 Å². The van der Waals surface area contributed by atoms with Crippen molar-refractivity contribution >= 4 is 16.9 Å². The van der Waals surface area contributed by atoms with Gasteiger partial charge in [0.25, 0.3) is 5.91 Å². The molecule has 3 rings (SSSR count). The van der Waals surface area contributed by atoms with Crippen molar-refractivity contribution in [3.05, 3.63) is 36.2 Å². The number of amides is 1. The lowest BCUT2D eigenvalue weighted by molar-refractivity contribution is 0.0794. The number of carbonyl (C=O) groups excluding carboxylic acids is 1. The van der Waals surface area contributed by atoms with Gasteiger partial charge in [0.05, 0.1) is 11.1 Å². The molecule has 0 saturated carbocycles. The zero-order valence-electron chi connectivity index (χ0n) is 9.47. The smallest absolute Gasteiger partial charge is 0.256 e. The van der Waals surface area contributed by atoms with Gasteiger partial charge < -0.3 is 4.90 Å². The second kappa shape index (κ2) is 4.13. The van der Waals surface area contributed by atoms with Crippen LogP contribution in [0.2, 0.25) is 0 Å². The van der Waals surface area contributed by atoms with Crippen LogP contribution in [0.3, 0.4) is 0 Å². The van der Waals surface area contributed by atoms with Gasteiger partial charge in [0.15, 0.2) is 0 Å². The number of hydrogen-bond acceptors (Lipinski definition) is 3. The average Bonchev–Trinajstić information content (AvgIpc) is 2.91. The summed E-state index contributed by atoms with van der Waals surface area (Å²) < 4.78 is 0. The molecule has 0 unspecified atom stereocenters. The fourth-order valence-electron chi connectivity index (χ4n) is 2.26. The third-order valence-electron chi connectivity index (χ3n) is 3.12. The predicted octanol–water partition coefficient (Wildman–Crippen LogP) is 1.87. The Kier molecular flexibility index (Phi) is 2.48. The van der Waals surface area contributed by atoms with Crippen LogP contribution in [-0.4, -0.2) is 33.9 Å². The van der Waals surface area contributed by atoms with Crippen molar-refractivity contribution in [2.45, 2.75) is 12.8 Å². The summed E-state index contributed by atoms with van der Waals surface area (Å²) in [6, 6.07) is 5.57. The van der Waals surface area contributed by atoms with E-state index in [0.717, 1.165) is 31.4 Å². The molecule has 1 amide bonds. The van der Waals surface area contributed by atoms with E-state index in [4.69, 9.17) is 0 Å². The topological polar surface area (TPSA) is 46.1 Å². The van der Waals surface area contributed by atoms with Crippen molar-refractivity contribution in [1.29, 1.82) is 0 Å². The number of likely N-dealkylation sites (tertiary alicyclic amines) is 1. The molecule has 0 aliphatic carbocycles. The van der Waals surface area contributed by atoms with Crippen LogP contribution in [-0.2, 0) is 0 Å². The number of hydrogen-bond donors (Lipinski definition) is 0. The second-order valence-corrected chi connectivity index (χ2v) is 4.23. The Labute approximate surface area is 99.3 Å². The molecule has 1 saturated heterocycles. The minimum atomic E-state index is 0.0774. The molecule has 1 fully saturated rings. The van der Waals surface area contributed by atoms with Crippen molar-refractivity contribution in [2.24, 2.45) is 0 Å². The molecule has 0 radical (unpaired) electrons. The highest BCUT2D eigenvalue weighted by Crippen LogP contribution is 2.18. The van der Waals surface area contributed by atoms with Crippen molar-refractivity contribution < 1.29 is 4.79 Å². The molecule has 0 spiro atoms. The fraction of sp³-hybridized carbons (Fsp3) is 0.308. The van der Waals surface area contributed by atoms with E-state index >= 15 is 0 Å². The van der Waals surface area contributed by atoms with E-state index < -0.39 is 0 Å². The molecule has 4 nitrogen and oxygen atoms in total. The zero-order chi connectivity index (χ0) is 11.7. The van der Waals surface area contributed by atoms with Crippen molar-refractivity contribution in [3.63, 3.8) is 0 Å². The average molecular weight is 227 g/mol. The Morgan fingerprint density at radius 2 is 1.88 bits per heavy atom. The lowest BCUT2D eigenvalue weighted by Gasteiger charge is -2.15. The molecule has 17 heavy (non-hydrogen) atoms. The Hall–Kier alpha value is -1.97. The first-order valence-electron chi connectivity index (χ1n) is 5.85. The van der Waals surface area contributed by atoms with Crippen LogP contribution < -0.4 is 0 Å². The van der Waals surface area contributed by atoms with E-state index in [-0.39, 0.29) is 5.91 Å². The maximum absolute atomic E-state index is 12.3. The maximum Gasteiger partial charge on any atom is 0.256 e. The van der Waals surface area contributed by atoms with Crippen LogP contribution in [0.5, 0.6) is 0 Å². The lowest BCUT2D eigenvalue weighted by Crippen LogP contribution is -2.27. The number of nitrogens with zero attached hydrogens (tertiary/aromatic N) is 3. The van der Waals surface area contributed by atoms with E-state index in [9.17, 15) is 4.79 Å². The molecule has 0 atom stereocenters. The lowest BCUT2D eigenvalue weighted by atomic mass is 10.1. The summed E-state index contributed by atoms with van der Waals surface area (Å²) >= 11 is 0. The summed E-state index contributed by atoms with van der Waals surface area (Å²) in [5, 5.41) is 0. The van der Waals surface area contributed by atoms with Crippen LogP contribution in [0.1, 0.15) is 23.2 Å². The van der Waals surface area contributed by atoms with E-state index in [1.54, 1.807) is 12.4 Å². The summed E-state index contributed by atoms with van der Waals surface area (Å²) in [5.74, 6) is 0.0774. The molecule has 2 aromatic rings. The SMILES string of the molecule is O=C(c1cccc2nccnc12)N1CCCC1. The number of aromatic nitrogens is 2. The van der Waals surface area contributed by atoms with Gasteiger partial charge in [-0.15, -0.1) is 0 Å². The normalized spacial score (nSPS) is 15.4. The zero-order valence-corrected chi connectivity index (χ0v) is 9.47. The highest BCUT2D eigenvalue weighted by atomic mass is 16.2. The molecule has 1 aromatic heterocycles. The van der Waals surface area contributed by atoms with Gasteiger partial charge in [-0.2, -0.15) is 0 Å². The molecule has 4 heteroatoms. The number of fused-ring (bicyclic) bond motifs is 1. The Morgan fingerprint density at radius 1 is 1.12 bits per heavy atom. The van der Waals surface area contributed by atoms with Gasteiger partial charge in [-0.1, -0.05) is 6.07 Å². The van der Waals surface area contributed by atoms with E-state index in [0.29, 0.717) is 11.1 Å². The summed E-state index contributed by atoms with van der Waals surface area (Å²) in [6.45, 7) is 1.71. The monoisotopic (exact) mass is 227 g/mol. The number of rotatable bonds is 1. The first-order chi connectivity index (χ1) is 8.36. The minimum Gasteiger partial charge on any atom is -0.339 e. The number of carbonyl (C=O) groups is 1. The summed E-state index contributed by atoms with van der Waals surface area (Å²) in [4.78, 5) is 22.7.